The fourth-order valence-corrected chi connectivity index (χ4v) is 4.23. The number of primary amides is 1. The van der Waals surface area contributed by atoms with Gasteiger partial charge in [0.25, 0.3) is 0 Å². The number of aromatic amines is 1. The Morgan fingerprint density at radius 1 is 1.39 bits per heavy atom. The van der Waals surface area contributed by atoms with E-state index in [1.54, 1.807) is 12.1 Å². The summed E-state index contributed by atoms with van der Waals surface area (Å²) in [5.74, 6) is -0.715. The van der Waals surface area contributed by atoms with Gasteiger partial charge in [-0.1, -0.05) is 0 Å². The largest absolute Gasteiger partial charge is 0.468 e. The Morgan fingerprint density at radius 3 is 2.89 bits per heavy atom. The predicted octanol–water partition coefficient (Wildman–Crippen LogP) is 0.670. The third-order valence-corrected chi connectivity index (χ3v) is 5.60. The second-order valence-corrected chi connectivity index (χ2v) is 7.31. The van der Waals surface area contributed by atoms with Gasteiger partial charge in [-0.2, -0.15) is 0 Å². The fourth-order valence-electron chi connectivity index (χ4n) is 4.23. The third kappa shape index (κ3) is 3.28. The van der Waals surface area contributed by atoms with Gasteiger partial charge in [0.15, 0.2) is 5.43 Å². The number of nitrogens with zero attached hydrogens (tertiary/aromatic N) is 1. The smallest absolute Gasteiger partial charge is 0.315 e. The molecule has 2 saturated heterocycles. The van der Waals surface area contributed by atoms with E-state index >= 15 is 0 Å². The van der Waals surface area contributed by atoms with Crippen molar-refractivity contribution in [3.05, 3.63) is 45.7 Å². The standard InChI is InChI=1S/C19H21N3O5.ClH/c1-26-18(25)19-9-22(6-12(19)8-27-10-19)7-13-5-16(23)14-4-11(17(20)24)2-3-15(14)21-13;/h2-5,12H,6-10H2,1H3,(H2,20,24)(H,21,23);1H/t12-,19-;/m0./s1. The maximum absolute atomic E-state index is 12.5. The van der Waals surface area contributed by atoms with Crippen LogP contribution in [0.2, 0.25) is 0 Å². The van der Waals surface area contributed by atoms with Crippen LogP contribution in [0.15, 0.2) is 29.1 Å². The van der Waals surface area contributed by atoms with Gasteiger partial charge >= 0.3 is 5.97 Å². The Labute approximate surface area is 167 Å². The summed E-state index contributed by atoms with van der Waals surface area (Å²) in [6.45, 7) is 2.65. The molecule has 28 heavy (non-hydrogen) atoms. The number of esters is 1. The fraction of sp³-hybridized carbons (Fsp3) is 0.421. The van der Waals surface area contributed by atoms with E-state index in [9.17, 15) is 14.4 Å². The molecular formula is C19H22ClN3O5. The molecule has 0 bridgehead atoms. The number of H-pyrrole nitrogens is 1. The first kappa shape index (κ1) is 20.3. The molecule has 3 N–H and O–H groups in total. The summed E-state index contributed by atoms with van der Waals surface area (Å²) in [6.07, 6.45) is 0. The first-order chi connectivity index (χ1) is 12.9. The lowest BCUT2D eigenvalue weighted by Crippen LogP contribution is -2.40. The number of likely N-dealkylation sites (tertiary alicyclic amines) is 1. The maximum atomic E-state index is 12.5. The van der Waals surface area contributed by atoms with E-state index in [4.69, 9.17) is 15.2 Å². The van der Waals surface area contributed by atoms with E-state index < -0.39 is 11.3 Å². The zero-order valence-electron chi connectivity index (χ0n) is 15.4. The van der Waals surface area contributed by atoms with Gasteiger partial charge in [-0.3, -0.25) is 19.3 Å². The first-order valence-corrected chi connectivity index (χ1v) is 8.77. The summed E-state index contributed by atoms with van der Waals surface area (Å²) < 4.78 is 10.5. The number of benzene rings is 1. The number of aromatic nitrogens is 1. The lowest BCUT2D eigenvalue weighted by molar-refractivity contribution is -0.153. The van der Waals surface area contributed by atoms with E-state index in [1.807, 2.05) is 0 Å². The van der Waals surface area contributed by atoms with Crippen molar-refractivity contribution in [1.29, 1.82) is 0 Å². The molecule has 2 aromatic rings. The lowest BCUT2D eigenvalue weighted by Gasteiger charge is -2.24. The molecule has 1 aromatic carbocycles. The molecule has 0 spiro atoms. The normalized spacial score (nSPS) is 24.0. The van der Waals surface area contributed by atoms with Gasteiger partial charge in [-0.05, 0) is 18.2 Å². The second kappa shape index (κ2) is 7.54. The molecule has 0 saturated carbocycles. The summed E-state index contributed by atoms with van der Waals surface area (Å²) in [6, 6.07) is 6.31. The van der Waals surface area contributed by atoms with Crippen LogP contribution in [-0.2, 0) is 20.8 Å². The van der Waals surface area contributed by atoms with Crippen molar-refractivity contribution in [3.63, 3.8) is 0 Å². The number of nitrogens with one attached hydrogen (secondary N) is 1. The number of carbonyl (C=O) groups is 2. The Balaban J connectivity index is 0.00000225. The predicted molar refractivity (Wildman–Crippen MR) is 104 cm³/mol. The zero-order chi connectivity index (χ0) is 19.2. The number of hydrogen-bond acceptors (Lipinski definition) is 6. The highest BCUT2D eigenvalue weighted by atomic mass is 35.5. The molecule has 2 aliphatic rings. The molecule has 2 atom stereocenters. The number of carbonyl (C=O) groups excluding carboxylic acids is 2. The van der Waals surface area contributed by atoms with E-state index in [-0.39, 0.29) is 29.7 Å². The van der Waals surface area contributed by atoms with Gasteiger partial charge in [0.2, 0.25) is 5.91 Å². The second-order valence-electron chi connectivity index (χ2n) is 7.31. The number of amides is 1. The van der Waals surface area contributed by atoms with Crippen molar-refractivity contribution in [2.45, 2.75) is 6.54 Å². The highest BCUT2D eigenvalue weighted by Crippen LogP contribution is 2.42. The SMILES string of the molecule is COC(=O)[C@@]12COC[C@@H]1CN(Cc1cc(=O)c3cc(C(N)=O)ccc3[nH]1)C2.Cl. The number of halogens is 1. The molecule has 4 rings (SSSR count). The van der Waals surface area contributed by atoms with Crippen LogP contribution in [-0.4, -0.2) is 55.2 Å². The summed E-state index contributed by atoms with van der Waals surface area (Å²) >= 11 is 0. The van der Waals surface area contributed by atoms with Gasteiger partial charge in [-0.15, -0.1) is 12.4 Å². The third-order valence-electron chi connectivity index (χ3n) is 5.60. The van der Waals surface area contributed by atoms with Crippen molar-refractivity contribution < 1.29 is 19.1 Å². The molecule has 1 aromatic heterocycles. The number of rotatable bonds is 4. The summed E-state index contributed by atoms with van der Waals surface area (Å²) in [5.41, 5.74) is 6.18. The van der Waals surface area contributed by atoms with E-state index in [2.05, 4.69) is 9.88 Å². The van der Waals surface area contributed by atoms with Crippen molar-refractivity contribution in [2.24, 2.45) is 17.1 Å². The van der Waals surface area contributed by atoms with E-state index in [0.717, 1.165) is 5.69 Å². The molecular weight excluding hydrogens is 386 g/mol. The average Bonchev–Trinajstić information content (AvgIpc) is 3.18. The van der Waals surface area contributed by atoms with Crippen molar-refractivity contribution in [2.75, 3.05) is 33.4 Å². The van der Waals surface area contributed by atoms with Crippen LogP contribution < -0.4 is 11.2 Å². The average molecular weight is 408 g/mol. The topological polar surface area (TPSA) is 115 Å². The maximum Gasteiger partial charge on any atom is 0.315 e. The van der Waals surface area contributed by atoms with Crippen LogP contribution in [0, 0.1) is 11.3 Å². The molecule has 9 heteroatoms. The van der Waals surface area contributed by atoms with Crippen molar-refractivity contribution in [3.8, 4) is 0 Å². The molecule has 2 fully saturated rings. The van der Waals surface area contributed by atoms with Crippen LogP contribution in [0.4, 0.5) is 0 Å². The minimum absolute atomic E-state index is 0. The molecule has 2 aliphatic heterocycles. The zero-order valence-corrected chi connectivity index (χ0v) is 16.2. The molecule has 0 unspecified atom stereocenters. The number of hydrogen-bond donors (Lipinski definition) is 2. The van der Waals surface area contributed by atoms with Gasteiger partial charge in [-0.25, -0.2) is 0 Å². The Kier molecular flexibility index (Phi) is 5.47. The number of ether oxygens (including phenoxy) is 2. The van der Waals surface area contributed by atoms with Gasteiger partial charge < -0.3 is 20.2 Å². The van der Waals surface area contributed by atoms with E-state index in [0.29, 0.717) is 49.3 Å². The first-order valence-electron chi connectivity index (χ1n) is 8.77. The molecule has 8 nitrogen and oxygen atoms in total. The van der Waals surface area contributed by atoms with Crippen LogP contribution in [0.3, 0.4) is 0 Å². The quantitative estimate of drug-likeness (QED) is 0.720. The van der Waals surface area contributed by atoms with Crippen LogP contribution >= 0.6 is 12.4 Å². The highest BCUT2D eigenvalue weighted by Gasteiger charge is 2.56. The molecule has 150 valence electrons. The molecule has 0 aliphatic carbocycles. The number of nitrogens with two attached hydrogens (primary N) is 1. The minimum Gasteiger partial charge on any atom is -0.468 e. The van der Waals surface area contributed by atoms with Gasteiger partial charge in [0.05, 0.1) is 20.3 Å². The Hall–Kier alpha value is -2.42. The summed E-state index contributed by atoms with van der Waals surface area (Å²) in [4.78, 5) is 41.5. The minimum atomic E-state index is -0.623. The summed E-state index contributed by atoms with van der Waals surface area (Å²) in [5, 5.41) is 0.424. The monoisotopic (exact) mass is 407 g/mol. The molecule has 1 amide bonds. The highest BCUT2D eigenvalue weighted by molar-refractivity contribution is 5.96. The van der Waals surface area contributed by atoms with Gasteiger partial charge in [0, 0.05) is 53.8 Å². The Bertz CT molecular complexity index is 991. The van der Waals surface area contributed by atoms with E-state index in [1.165, 1.54) is 19.2 Å². The number of pyridine rings is 1. The van der Waals surface area contributed by atoms with Crippen LogP contribution in [0.1, 0.15) is 16.1 Å². The van der Waals surface area contributed by atoms with Crippen LogP contribution in [0.25, 0.3) is 10.9 Å². The van der Waals surface area contributed by atoms with Crippen molar-refractivity contribution >= 4 is 35.2 Å². The Morgan fingerprint density at radius 2 is 2.18 bits per heavy atom. The van der Waals surface area contributed by atoms with Crippen molar-refractivity contribution in [1.82, 2.24) is 9.88 Å². The molecule has 0 radical (unpaired) electrons. The number of fused-ring (bicyclic) bond motifs is 2. The lowest BCUT2D eigenvalue weighted by atomic mass is 9.81. The van der Waals surface area contributed by atoms with Crippen LogP contribution in [0.5, 0.6) is 0 Å². The molecule has 3 heterocycles. The van der Waals surface area contributed by atoms with Gasteiger partial charge in [0.1, 0.15) is 5.41 Å². The number of methoxy groups -OCH3 is 1. The summed E-state index contributed by atoms with van der Waals surface area (Å²) in [7, 11) is 1.40.